The zero-order valence-corrected chi connectivity index (χ0v) is 10.7. The Kier molecular flexibility index (Phi) is 3.71. The fourth-order valence-electron chi connectivity index (χ4n) is 1.86. The Morgan fingerprint density at radius 3 is 2.25 bits per heavy atom. The van der Waals surface area contributed by atoms with Crippen molar-refractivity contribution < 1.29 is 17.9 Å². The van der Waals surface area contributed by atoms with Crippen LogP contribution in [0.25, 0.3) is 11.1 Å². The van der Waals surface area contributed by atoms with Gasteiger partial charge in [-0.2, -0.15) is 0 Å². The van der Waals surface area contributed by atoms with Crippen molar-refractivity contribution in [3.05, 3.63) is 53.6 Å². The molecule has 0 aliphatic heterocycles. The molecule has 0 amide bonds. The molecule has 0 aromatic heterocycles. The Morgan fingerprint density at radius 1 is 1.05 bits per heavy atom. The van der Waals surface area contributed by atoms with Gasteiger partial charge in [0.2, 0.25) is 0 Å². The molecule has 0 saturated carbocycles. The Morgan fingerprint density at radius 2 is 1.70 bits per heavy atom. The lowest BCUT2D eigenvalue weighted by molar-refractivity contribution is -0.274. The van der Waals surface area contributed by atoms with Crippen molar-refractivity contribution in [2.75, 3.05) is 0 Å². The van der Waals surface area contributed by atoms with E-state index in [2.05, 4.69) is 10.7 Å². The Labute approximate surface area is 115 Å². The molecule has 0 N–H and O–H groups in total. The molecule has 2 aromatic rings. The second kappa shape index (κ2) is 5.30. The van der Waals surface area contributed by atoms with E-state index in [0.29, 0.717) is 5.56 Å². The summed E-state index contributed by atoms with van der Waals surface area (Å²) >= 11 is 0. The highest BCUT2D eigenvalue weighted by Gasteiger charge is 2.30. The molecule has 0 aliphatic carbocycles. The van der Waals surface area contributed by atoms with E-state index in [9.17, 15) is 13.2 Å². The van der Waals surface area contributed by atoms with Gasteiger partial charge in [-0.25, -0.2) is 0 Å². The maximum absolute atomic E-state index is 12.1. The van der Waals surface area contributed by atoms with E-state index in [1.807, 2.05) is 25.1 Å². The smallest absolute Gasteiger partial charge is 0.406 e. The first-order valence-corrected chi connectivity index (χ1v) is 5.82. The Balaban J connectivity index is 2.36. The van der Waals surface area contributed by atoms with Crippen LogP contribution in [-0.2, 0) is 0 Å². The third-order valence-electron chi connectivity index (χ3n) is 2.73. The van der Waals surface area contributed by atoms with E-state index in [-0.39, 0.29) is 5.75 Å². The van der Waals surface area contributed by atoms with E-state index < -0.39 is 6.36 Å². The monoisotopic (exact) mass is 276 g/mol. The van der Waals surface area contributed by atoms with Crippen molar-refractivity contribution in [1.29, 1.82) is 0 Å². The van der Waals surface area contributed by atoms with Crippen LogP contribution in [0.5, 0.6) is 5.75 Å². The number of ether oxygens (including phenoxy) is 1. The lowest BCUT2D eigenvalue weighted by Crippen LogP contribution is -2.16. The van der Waals surface area contributed by atoms with Gasteiger partial charge in [-0.15, -0.1) is 19.6 Å². The molecule has 0 saturated heterocycles. The number of aryl methyl sites for hydroxylation is 1. The number of hydrogen-bond donors (Lipinski definition) is 0. The molecule has 0 spiro atoms. The molecule has 1 nitrogen and oxygen atoms in total. The minimum absolute atomic E-state index is 0.254. The molecule has 0 radical (unpaired) electrons. The van der Waals surface area contributed by atoms with Gasteiger partial charge in [-0.3, -0.25) is 0 Å². The molecule has 2 aromatic carbocycles. The van der Waals surface area contributed by atoms with Crippen molar-refractivity contribution in [1.82, 2.24) is 0 Å². The van der Waals surface area contributed by atoms with Gasteiger partial charge in [0.25, 0.3) is 0 Å². The topological polar surface area (TPSA) is 9.23 Å². The van der Waals surface area contributed by atoms with Gasteiger partial charge in [0.05, 0.1) is 0 Å². The highest BCUT2D eigenvalue weighted by molar-refractivity contribution is 5.72. The molecule has 102 valence electrons. The van der Waals surface area contributed by atoms with Gasteiger partial charge < -0.3 is 4.74 Å². The SMILES string of the molecule is C#Cc1ccc(C)cc1-c1ccc(OC(F)(F)F)cc1. The van der Waals surface area contributed by atoms with E-state index in [0.717, 1.165) is 16.7 Å². The van der Waals surface area contributed by atoms with Gasteiger partial charge in [0.1, 0.15) is 5.75 Å². The van der Waals surface area contributed by atoms with E-state index >= 15 is 0 Å². The first-order chi connectivity index (χ1) is 9.39. The van der Waals surface area contributed by atoms with Crippen LogP contribution in [0.4, 0.5) is 13.2 Å². The molecule has 2 rings (SSSR count). The molecule has 4 heteroatoms. The molecule has 0 fully saturated rings. The summed E-state index contributed by atoms with van der Waals surface area (Å²) in [6.45, 7) is 1.92. The van der Waals surface area contributed by atoms with Crippen molar-refractivity contribution in [3.8, 4) is 29.2 Å². The van der Waals surface area contributed by atoms with Crippen LogP contribution in [0.3, 0.4) is 0 Å². The van der Waals surface area contributed by atoms with Crippen molar-refractivity contribution in [2.45, 2.75) is 13.3 Å². The number of benzene rings is 2. The molecular formula is C16H11F3O. The van der Waals surface area contributed by atoms with E-state index in [4.69, 9.17) is 6.42 Å². The normalized spacial score (nSPS) is 10.9. The summed E-state index contributed by atoms with van der Waals surface area (Å²) in [5.74, 6) is 2.31. The first-order valence-electron chi connectivity index (χ1n) is 5.82. The molecule has 0 atom stereocenters. The third kappa shape index (κ3) is 3.33. The van der Waals surface area contributed by atoms with Crippen LogP contribution in [-0.4, -0.2) is 6.36 Å². The second-order valence-electron chi connectivity index (χ2n) is 4.27. The molecule has 0 aliphatic rings. The average molecular weight is 276 g/mol. The predicted octanol–water partition coefficient (Wildman–Crippen LogP) is 4.54. The molecule has 0 heterocycles. The molecule has 20 heavy (non-hydrogen) atoms. The summed E-state index contributed by atoms with van der Waals surface area (Å²) in [5, 5.41) is 0. The molecule has 0 bridgehead atoms. The number of terminal acetylenes is 1. The number of halogens is 3. The first kappa shape index (κ1) is 14.0. The van der Waals surface area contributed by atoms with Crippen LogP contribution in [0.2, 0.25) is 0 Å². The number of alkyl halides is 3. The van der Waals surface area contributed by atoms with Gasteiger partial charge in [0, 0.05) is 5.56 Å². The fraction of sp³-hybridized carbons (Fsp3) is 0.125. The summed E-state index contributed by atoms with van der Waals surface area (Å²) in [7, 11) is 0. The van der Waals surface area contributed by atoms with Crippen LogP contribution >= 0.6 is 0 Å². The standard InChI is InChI=1S/C16H11F3O/c1-3-12-5-4-11(2)10-15(12)13-6-8-14(9-7-13)20-16(17,18)19/h1,4-10H,2H3. The largest absolute Gasteiger partial charge is 0.573 e. The van der Waals surface area contributed by atoms with Gasteiger partial charge in [-0.05, 0) is 36.2 Å². The predicted molar refractivity (Wildman–Crippen MR) is 71.2 cm³/mol. The maximum Gasteiger partial charge on any atom is 0.573 e. The van der Waals surface area contributed by atoms with Crippen molar-refractivity contribution >= 4 is 0 Å². The van der Waals surface area contributed by atoms with E-state index in [1.165, 1.54) is 12.1 Å². The van der Waals surface area contributed by atoms with Crippen LogP contribution in [0.15, 0.2) is 42.5 Å². The highest BCUT2D eigenvalue weighted by Crippen LogP contribution is 2.28. The van der Waals surface area contributed by atoms with E-state index in [1.54, 1.807) is 12.1 Å². The van der Waals surface area contributed by atoms with Crippen LogP contribution in [0.1, 0.15) is 11.1 Å². The summed E-state index contributed by atoms with van der Waals surface area (Å²) in [4.78, 5) is 0. The second-order valence-corrected chi connectivity index (χ2v) is 4.27. The summed E-state index contributed by atoms with van der Waals surface area (Å²) in [6, 6.07) is 11.2. The van der Waals surface area contributed by atoms with Crippen LogP contribution < -0.4 is 4.74 Å². The number of hydrogen-bond acceptors (Lipinski definition) is 1. The van der Waals surface area contributed by atoms with Gasteiger partial charge >= 0.3 is 6.36 Å². The minimum atomic E-state index is -4.69. The van der Waals surface area contributed by atoms with Crippen LogP contribution in [0, 0.1) is 19.3 Å². The lowest BCUT2D eigenvalue weighted by atomic mass is 9.98. The van der Waals surface area contributed by atoms with Crippen molar-refractivity contribution in [2.24, 2.45) is 0 Å². The van der Waals surface area contributed by atoms with Crippen molar-refractivity contribution in [3.63, 3.8) is 0 Å². The quantitative estimate of drug-likeness (QED) is 0.732. The number of rotatable bonds is 2. The summed E-state index contributed by atoms with van der Waals surface area (Å²) < 4.78 is 40.1. The van der Waals surface area contributed by atoms with Gasteiger partial charge in [0.15, 0.2) is 0 Å². The molecular weight excluding hydrogens is 265 g/mol. The lowest BCUT2D eigenvalue weighted by Gasteiger charge is -2.10. The maximum atomic E-state index is 12.1. The van der Waals surface area contributed by atoms with Gasteiger partial charge in [-0.1, -0.05) is 35.7 Å². The zero-order valence-electron chi connectivity index (χ0n) is 10.7. The average Bonchev–Trinajstić information content (AvgIpc) is 2.38. The summed E-state index contributed by atoms with van der Waals surface area (Å²) in [5.41, 5.74) is 3.27. The molecule has 0 unspecified atom stereocenters. The minimum Gasteiger partial charge on any atom is -0.406 e. The highest BCUT2D eigenvalue weighted by atomic mass is 19.4. The summed E-state index contributed by atoms with van der Waals surface area (Å²) in [6.07, 6.45) is 0.742. The fourth-order valence-corrected chi connectivity index (χ4v) is 1.86. The zero-order chi connectivity index (χ0) is 14.8. The Bertz CT molecular complexity index is 649. The Hall–Kier alpha value is -2.41. The third-order valence-corrected chi connectivity index (χ3v) is 2.73.